The summed E-state index contributed by atoms with van der Waals surface area (Å²) in [5.41, 5.74) is 6.65. The van der Waals surface area contributed by atoms with E-state index in [1.54, 1.807) is 18.2 Å². The minimum absolute atomic E-state index is 0.0403. The monoisotopic (exact) mass is 426 g/mol. The maximum atomic E-state index is 13.3. The van der Waals surface area contributed by atoms with Crippen LogP contribution in [0.2, 0.25) is 0 Å². The molecule has 0 aliphatic carbocycles. The van der Waals surface area contributed by atoms with E-state index in [9.17, 15) is 9.59 Å². The first-order valence-corrected chi connectivity index (χ1v) is 10.4. The standard InChI is InChI=1S/C23H26N2O6/c1-28-20-13-16(6-8-18(20)31-14-22(24)26)23(27)25-9-2-4-17(25)15-5-7-19-21(12-15)30-11-3-10-29-19/h5-8,12-13,17H,2-4,9-11,14H2,1H3,(H2,24,26)/t17-/m0/s1. The van der Waals surface area contributed by atoms with Gasteiger partial charge in [-0.3, -0.25) is 9.59 Å². The number of amides is 2. The number of hydrogen-bond acceptors (Lipinski definition) is 6. The summed E-state index contributed by atoms with van der Waals surface area (Å²) in [5, 5.41) is 0. The van der Waals surface area contributed by atoms with Crippen molar-refractivity contribution in [2.24, 2.45) is 5.73 Å². The van der Waals surface area contributed by atoms with Crippen molar-refractivity contribution in [1.29, 1.82) is 0 Å². The van der Waals surface area contributed by atoms with Crippen LogP contribution in [0.4, 0.5) is 0 Å². The second kappa shape index (κ2) is 9.16. The third kappa shape index (κ3) is 4.52. The van der Waals surface area contributed by atoms with Crippen LogP contribution in [-0.4, -0.2) is 50.2 Å². The van der Waals surface area contributed by atoms with Crippen molar-refractivity contribution in [1.82, 2.24) is 4.90 Å². The third-order valence-electron chi connectivity index (χ3n) is 5.45. The fraction of sp³-hybridized carbons (Fsp3) is 0.391. The first-order chi connectivity index (χ1) is 15.1. The fourth-order valence-corrected chi connectivity index (χ4v) is 3.98. The molecule has 2 amide bonds. The van der Waals surface area contributed by atoms with Crippen molar-refractivity contribution < 1.29 is 28.5 Å². The van der Waals surface area contributed by atoms with Crippen LogP contribution >= 0.6 is 0 Å². The molecule has 31 heavy (non-hydrogen) atoms. The summed E-state index contributed by atoms with van der Waals surface area (Å²) >= 11 is 0. The minimum atomic E-state index is -0.586. The molecule has 2 N–H and O–H groups in total. The van der Waals surface area contributed by atoms with Gasteiger partial charge in [0.15, 0.2) is 29.6 Å². The topological polar surface area (TPSA) is 100 Å². The number of nitrogens with zero attached hydrogens (tertiary/aromatic N) is 1. The Labute approximate surface area is 180 Å². The van der Waals surface area contributed by atoms with Crippen molar-refractivity contribution in [2.75, 3.05) is 33.5 Å². The number of benzene rings is 2. The summed E-state index contributed by atoms with van der Waals surface area (Å²) in [6.07, 6.45) is 2.64. The number of methoxy groups -OCH3 is 1. The Bertz CT molecular complexity index is 977. The van der Waals surface area contributed by atoms with E-state index in [-0.39, 0.29) is 18.6 Å². The molecule has 8 heteroatoms. The Kier molecular flexibility index (Phi) is 6.16. The zero-order valence-corrected chi connectivity index (χ0v) is 17.5. The van der Waals surface area contributed by atoms with E-state index in [4.69, 9.17) is 24.7 Å². The highest BCUT2D eigenvalue weighted by molar-refractivity contribution is 5.95. The summed E-state index contributed by atoms with van der Waals surface area (Å²) < 4.78 is 22.2. The Balaban J connectivity index is 1.55. The van der Waals surface area contributed by atoms with E-state index in [1.165, 1.54) is 7.11 Å². The average Bonchev–Trinajstić information content (AvgIpc) is 3.15. The first kappa shape index (κ1) is 20.8. The quantitative estimate of drug-likeness (QED) is 0.762. The summed E-state index contributed by atoms with van der Waals surface area (Å²) in [5.74, 6) is 1.53. The third-order valence-corrected chi connectivity index (χ3v) is 5.45. The van der Waals surface area contributed by atoms with Crippen LogP contribution in [0.25, 0.3) is 0 Å². The van der Waals surface area contributed by atoms with E-state index < -0.39 is 5.91 Å². The molecule has 0 radical (unpaired) electrons. The van der Waals surface area contributed by atoms with Gasteiger partial charge in [0.05, 0.1) is 26.4 Å². The van der Waals surface area contributed by atoms with Gasteiger partial charge in [0, 0.05) is 18.5 Å². The van der Waals surface area contributed by atoms with Gasteiger partial charge in [-0.1, -0.05) is 6.07 Å². The Morgan fingerprint density at radius 3 is 2.65 bits per heavy atom. The molecule has 2 aromatic carbocycles. The summed E-state index contributed by atoms with van der Waals surface area (Å²) in [6, 6.07) is 10.8. The summed E-state index contributed by atoms with van der Waals surface area (Å²) in [7, 11) is 1.48. The number of carbonyl (C=O) groups is 2. The Morgan fingerprint density at radius 2 is 1.87 bits per heavy atom. The van der Waals surface area contributed by atoms with Gasteiger partial charge in [-0.2, -0.15) is 0 Å². The smallest absolute Gasteiger partial charge is 0.255 e. The van der Waals surface area contributed by atoms with Crippen molar-refractivity contribution in [3.8, 4) is 23.0 Å². The zero-order chi connectivity index (χ0) is 21.8. The number of hydrogen-bond donors (Lipinski definition) is 1. The van der Waals surface area contributed by atoms with Crippen LogP contribution in [-0.2, 0) is 4.79 Å². The first-order valence-electron chi connectivity index (χ1n) is 10.4. The maximum Gasteiger partial charge on any atom is 0.255 e. The lowest BCUT2D eigenvalue weighted by atomic mass is 10.0. The van der Waals surface area contributed by atoms with Crippen LogP contribution in [0, 0.1) is 0 Å². The highest BCUT2D eigenvalue weighted by Crippen LogP contribution is 2.39. The molecule has 2 aliphatic rings. The van der Waals surface area contributed by atoms with E-state index in [1.807, 2.05) is 23.1 Å². The molecular formula is C23H26N2O6. The lowest BCUT2D eigenvalue weighted by Gasteiger charge is -2.26. The number of primary amides is 1. The largest absolute Gasteiger partial charge is 0.493 e. The molecule has 2 aliphatic heterocycles. The van der Waals surface area contributed by atoms with Gasteiger partial charge in [0.1, 0.15) is 0 Å². The predicted octanol–water partition coefficient (Wildman–Crippen LogP) is 2.70. The van der Waals surface area contributed by atoms with E-state index in [0.717, 1.165) is 36.3 Å². The van der Waals surface area contributed by atoms with Gasteiger partial charge >= 0.3 is 0 Å². The summed E-state index contributed by atoms with van der Waals surface area (Å²) in [6.45, 7) is 1.66. The van der Waals surface area contributed by atoms with Crippen molar-refractivity contribution in [2.45, 2.75) is 25.3 Å². The van der Waals surface area contributed by atoms with Gasteiger partial charge in [0.25, 0.3) is 11.8 Å². The molecular weight excluding hydrogens is 400 g/mol. The number of likely N-dealkylation sites (tertiary alicyclic amines) is 1. The number of nitrogens with two attached hydrogens (primary N) is 1. The van der Waals surface area contributed by atoms with Crippen molar-refractivity contribution in [3.05, 3.63) is 47.5 Å². The molecule has 0 bridgehead atoms. The summed E-state index contributed by atoms with van der Waals surface area (Å²) in [4.78, 5) is 26.2. The number of carbonyl (C=O) groups excluding carboxylic acids is 2. The van der Waals surface area contributed by atoms with Crippen LogP contribution in [0.15, 0.2) is 36.4 Å². The van der Waals surface area contributed by atoms with Gasteiger partial charge < -0.3 is 29.6 Å². The SMILES string of the molecule is COc1cc(C(=O)N2CCC[C@H]2c2ccc3c(c2)OCCCO3)ccc1OCC(N)=O. The minimum Gasteiger partial charge on any atom is -0.493 e. The maximum absolute atomic E-state index is 13.3. The molecule has 1 saturated heterocycles. The Morgan fingerprint density at radius 1 is 1.06 bits per heavy atom. The molecule has 0 saturated carbocycles. The number of fused-ring (bicyclic) bond motifs is 1. The molecule has 0 aromatic heterocycles. The second-order valence-electron chi connectivity index (χ2n) is 7.53. The molecule has 8 nitrogen and oxygen atoms in total. The highest BCUT2D eigenvalue weighted by Gasteiger charge is 2.32. The lowest BCUT2D eigenvalue weighted by Crippen LogP contribution is -2.30. The fourth-order valence-electron chi connectivity index (χ4n) is 3.98. The van der Waals surface area contributed by atoms with Gasteiger partial charge in [0.2, 0.25) is 0 Å². The number of ether oxygens (including phenoxy) is 4. The van der Waals surface area contributed by atoms with Gasteiger partial charge in [-0.25, -0.2) is 0 Å². The molecule has 0 unspecified atom stereocenters. The average molecular weight is 426 g/mol. The Hall–Kier alpha value is -3.42. The molecule has 2 heterocycles. The highest BCUT2D eigenvalue weighted by atomic mass is 16.5. The van der Waals surface area contributed by atoms with Gasteiger partial charge in [-0.05, 0) is 48.7 Å². The van der Waals surface area contributed by atoms with Crippen LogP contribution in [0.3, 0.4) is 0 Å². The van der Waals surface area contributed by atoms with Crippen LogP contribution < -0.4 is 24.7 Å². The lowest BCUT2D eigenvalue weighted by molar-refractivity contribution is -0.119. The normalized spacial score (nSPS) is 17.7. The second-order valence-corrected chi connectivity index (χ2v) is 7.53. The van der Waals surface area contributed by atoms with E-state index >= 15 is 0 Å². The van der Waals surface area contributed by atoms with Gasteiger partial charge in [-0.15, -0.1) is 0 Å². The molecule has 164 valence electrons. The van der Waals surface area contributed by atoms with E-state index in [0.29, 0.717) is 36.8 Å². The molecule has 1 atom stereocenters. The predicted molar refractivity (Wildman–Crippen MR) is 113 cm³/mol. The van der Waals surface area contributed by atoms with Crippen LogP contribution in [0.1, 0.15) is 41.2 Å². The molecule has 0 spiro atoms. The van der Waals surface area contributed by atoms with Crippen molar-refractivity contribution in [3.63, 3.8) is 0 Å². The van der Waals surface area contributed by atoms with E-state index in [2.05, 4.69) is 0 Å². The molecule has 1 fully saturated rings. The molecule has 4 rings (SSSR count). The van der Waals surface area contributed by atoms with Crippen LogP contribution in [0.5, 0.6) is 23.0 Å². The number of rotatable bonds is 6. The molecule has 2 aromatic rings. The zero-order valence-electron chi connectivity index (χ0n) is 17.5. The van der Waals surface area contributed by atoms with Crippen molar-refractivity contribution >= 4 is 11.8 Å².